The third-order valence-corrected chi connectivity index (χ3v) is 4.26. The van der Waals surface area contributed by atoms with Gasteiger partial charge in [0.15, 0.2) is 0 Å². The van der Waals surface area contributed by atoms with Crippen molar-refractivity contribution in [3.8, 4) is 0 Å². The van der Waals surface area contributed by atoms with Crippen LogP contribution in [-0.4, -0.2) is 29.0 Å². The second kappa shape index (κ2) is 6.45. The quantitative estimate of drug-likeness (QED) is 0.813. The highest BCUT2D eigenvalue weighted by Crippen LogP contribution is 2.23. The first kappa shape index (κ1) is 14.4. The van der Waals surface area contributed by atoms with Gasteiger partial charge in [-0.25, -0.2) is 4.98 Å². The Balaban J connectivity index is 1.57. The van der Waals surface area contributed by atoms with E-state index in [0.29, 0.717) is 28.8 Å². The van der Waals surface area contributed by atoms with Crippen LogP contribution in [0.4, 0.5) is 5.95 Å². The van der Waals surface area contributed by atoms with Gasteiger partial charge in [0.25, 0.3) is 0 Å². The first-order valence-corrected chi connectivity index (χ1v) is 7.75. The highest BCUT2D eigenvalue weighted by molar-refractivity contribution is 6.35. The topological polar surface area (TPSA) is 69.8 Å². The van der Waals surface area contributed by atoms with Crippen molar-refractivity contribution in [2.24, 2.45) is 5.92 Å². The van der Waals surface area contributed by atoms with Gasteiger partial charge in [-0.05, 0) is 50.4 Å². The molecule has 1 amide bonds. The van der Waals surface area contributed by atoms with Gasteiger partial charge in [0.05, 0.1) is 10.5 Å². The van der Waals surface area contributed by atoms with Crippen molar-refractivity contribution in [1.29, 1.82) is 0 Å². The Morgan fingerprint density at radius 1 is 1.38 bits per heavy atom. The second-order valence-electron chi connectivity index (χ2n) is 5.50. The van der Waals surface area contributed by atoms with Crippen molar-refractivity contribution in [2.75, 3.05) is 18.4 Å². The van der Waals surface area contributed by atoms with Crippen molar-refractivity contribution >= 4 is 34.5 Å². The van der Waals surface area contributed by atoms with Gasteiger partial charge < -0.3 is 10.3 Å². The Morgan fingerprint density at radius 3 is 2.95 bits per heavy atom. The minimum atomic E-state index is 0.00344. The summed E-state index contributed by atoms with van der Waals surface area (Å²) in [7, 11) is 0. The van der Waals surface area contributed by atoms with Gasteiger partial charge in [-0.2, -0.15) is 0 Å². The Morgan fingerprint density at radius 2 is 2.19 bits per heavy atom. The van der Waals surface area contributed by atoms with Gasteiger partial charge in [0, 0.05) is 6.42 Å². The molecular weight excluding hydrogens is 288 g/mol. The SMILES string of the molecule is O=C(CCC1CCNCC1)Nc1nc2c(Cl)cccc2[nH]1. The minimum Gasteiger partial charge on any atom is -0.324 e. The summed E-state index contributed by atoms with van der Waals surface area (Å²) in [6.45, 7) is 2.13. The van der Waals surface area contributed by atoms with E-state index in [1.165, 1.54) is 0 Å². The molecule has 1 aliphatic heterocycles. The third-order valence-electron chi connectivity index (χ3n) is 3.96. The summed E-state index contributed by atoms with van der Waals surface area (Å²) in [4.78, 5) is 19.4. The highest BCUT2D eigenvalue weighted by Gasteiger charge is 2.15. The Hall–Kier alpha value is -1.59. The number of benzene rings is 1. The number of H-pyrrole nitrogens is 1. The number of carbonyl (C=O) groups is 1. The monoisotopic (exact) mass is 306 g/mol. The lowest BCUT2D eigenvalue weighted by Gasteiger charge is -2.21. The molecule has 1 aromatic carbocycles. The van der Waals surface area contributed by atoms with Gasteiger partial charge >= 0.3 is 0 Å². The van der Waals surface area contributed by atoms with Crippen LogP contribution in [-0.2, 0) is 4.79 Å². The van der Waals surface area contributed by atoms with Crippen molar-refractivity contribution in [2.45, 2.75) is 25.7 Å². The fraction of sp³-hybridized carbons (Fsp3) is 0.467. The van der Waals surface area contributed by atoms with Gasteiger partial charge in [0.2, 0.25) is 11.9 Å². The van der Waals surface area contributed by atoms with E-state index in [2.05, 4.69) is 20.6 Å². The standard InChI is InChI=1S/C15H19ClN4O/c16-11-2-1-3-12-14(11)20-15(18-12)19-13(21)5-4-10-6-8-17-9-7-10/h1-3,10,17H,4-9H2,(H2,18,19,20,21). The summed E-state index contributed by atoms with van der Waals surface area (Å²) in [6.07, 6.45) is 3.80. The maximum atomic E-state index is 12.0. The molecule has 0 aliphatic carbocycles. The summed E-state index contributed by atoms with van der Waals surface area (Å²) in [5.41, 5.74) is 1.52. The number of aromatic amines is 1. The van der Waals surface area contributed by atoms with Gasteiger partial charge in [0.1, 0.15) is 5.52 Å². The number of nitrogens with zero attached hydrogens (tertiary/aromatic N) is 1. The van der Waals surface area contributed by atoms with E-state index in [-0.39, 0.29) is 5.91 Å². The number of nitrogens with one attached hydrogen (secondary N) is 3. The van der Waals surface area contributed by atoms with Crippen LogP contribution in [0.3, 0.4) is 0 Å². The van der Waals surface area contributed by atoms with Gasteiger partial charge in [-0.3, -0.25) is 10.1 Å². The molecule has 3 rings (SSSR count). The highest BCUT2D eigenvalue weighted by atomic mass is 35.5. The Kier molecular flexibility index (Phi) is 4.41. The molecule has 6 heteroatoms. The number of imidazole rings is 1. The number of halogens is 1. The molecule has 2 aromatic rings. The fourth-order valence-electron chi connectivity index (χ4n) is 2.76. The molecule has 5 nitrogen and oxygen atoms in total. The molecule has 0 atom stereocenters. The number of para-hydroxylation sites is 1. The maximum absolute atomic E-state index is 12.0. The molecule has 21 heavy (non-hydrogen) atoms. The first-order chi connectivity index (χ1) is 10.2. The molecule has 0 radical (unpaired) electrons. The molecule has 1 aromatic heterocycles. The average molecular weight is 307 g/mol. The van der Waals surface area contributed by atoms with E-state index in [1.807, 2.05) is 12.1 Å². The number of hydrogen-bond donors (Lipinski definition) is 3. The molecule has 2 heterocycles. The maximum Gasteiger partial charge on any atom is 0.226 e. The molecule has 1 aliphatic rings. The number of rotatable bonds is 4. The summed E-state index contributed by atoms with van der Waals surface area (Å²) in [5.74, 6) is 1.12. The summed E-state index contributed by atoms with van der Waals surface area (Å²) in [6, 6.07) is 5.53. The first-order valence-electron chi connectivity index (χ1n) is 7.37. The molecule has 0 spiro atoms. The van der Waals surface area contributed by atoms with Crippen LogP contribution in [0, 0.1) is 5.92 Å². The lowest BCUT2D eigenvalue weighted by Crippen LogP contribution is -2.28. The van der Waals surface area contributed by atoms with Crippen LogP contribution in [0.15, 0.2) is 18.2 Å². The van der Waals surface area contributed by atoms with Gasteiger partial charge in [-0.1, -0.05) is 17.7 Å². The number of hydrogen-bond acceptors (Lipinski definition) is 3. The molecule has 0 saturated carbocycles. The fourth-order valence-corrected chi connectivity index (χ4v) is 2.97. The van der Waals surface area contributed by atoms with E-state index in [4.69, 9.17) is 11.6 Å². The van der Waals surface area contributed by atoms with Crippen LogP contribution in [0.1, 0.15) is 25.7 Å². The van der Waals surface area contributed by atoms with Crippen LogP contribution < -0.4 is 10.6 Å². The third kappa shape index (κ3) is 3.54. The second-order valence-corrected chi connectivity index (χ2v) is 5.91. The smallest absolute Gasteiger partial charge is 0.226 e. The normalized spacial score (nSPS) is 16.2. The van der Waals surface area contributed by atoms with Crippen LogP contribution in [0.25, 0.3) is 11.0 Å². The van der Waals surface area contributed by atoms with Crippen molar-refractivity contribution in [3.05, 3.63) is 23.2 Å². The molecule has 1 fully saturated rings. The Labute approximate surface area is 128 Å². The molecule has 112 valence electrons. The van der Waals surface area contributed by atoms with Crippen molar-refractivity contribution in [3.63, 3.8) is 0 Å². The number of piperidine rings is 1. The summed E-state index contributed by atoms with van der Waals surface area (Å²) in [5, 5.41) is 6.73. The number of aromatic nitrogens is 2. The number of carbonyl (C=O) groups excluding carboxylic acids is 1. The molecule has 1 saturated heterocycles. The number of fused-ring (bicyclic) bond motifs is 1. The zero-order chi connectivity index (χ0) is 14.7. The number of amides is 1. The van der Waals surface area contributed by atoms with Crippen molar-refractivity contribution in [1.82, 2.24) is 15.3 Å². The summed E-state index contributed by atoms with van der Waals surface area (Å²) < 4.78 is 0. The lowest BCUT2D eigenvalue weighted by atomic mass is 9.93. The zero-order valence-electron chi connectivity index (χ0n) is 11.8. The van der Waals surface area contributed by atoms with E-state index >= 15 is 0 Å². The predicted molar refractivity (Wildman–Crippen MR) is 84.6 cm³/mol. The van der Waals surface area contributed by atoms with E-state index in [1.54, 1.807) is 6.07 Å². The van der Waals surface area contributed by atoms with Crippen LogP contribution in [0.5, 0.6) is 0 Å². The van der Waals surface area contributed by atoms with Crippen LogP contribution >= 0.6 is 11.6 Å². The summed E-state index contributed by atoms with van der Waals surface area (Å²) >= 11 is 6.07. The molecule has 0 bridgehead atoms. The van der Waals surface area contributed by atoms with Crippen LogP contribution in [0.2, 0.25) is 5.02 Å². The minimum absolute atomic E-state index is 0.00344. The predicted octanol–water partition coefficient (Wildman–Crippen LogP) is 2.93. The Bertz CT molecular complexity index is 634. The van der Waals surface area contributed by atoms with E-state index < -0.39 is 0 Å². The molecule has 0 unspecified atom stereocenters. The van der Waals surface area contributed by atoms with E-state index in [9.17, 15) is 4.79 Å². The zero-order valence-corrected chi connectivity index (χ0v) is 12.5. The average Bonchev–Trinajstić information content (AvgIpc) is 2.90. The number of anilines is 1. The van der Waals surface area contributed by atoms with Gasteiger partial charge in [-0.15, -0.1) is 0 Å². The molecule has 3 N–H and O–H groups in total. The molecular formula is C15H19ClN4O. The van der Waals surface area contributed by atoms with Crippen molar-refractivity contribution < 1.29 is 4.79 Å². The van der Waals surface area contributed by atoms with E-state index in [0.717, 1.165) is 37.9 Å². The largest absolute Gasteiger partial charge is 0.324 e. The lowest BCUT2D eigenvalue weighted by molar-refractivity contribution is -0.116.